The summed E-state index contributed by atoms with van der Waals surface area (Å²) in [5.41, 5.74) is -1.88. The fraction of sp³-hybridized carbons (Fsp3) is 0.316. The number of hydrogen-bond acceptors (Lipinski definition) is 7. The topological polar surface area (TPSA) is 134 Å². The Morgan fingerprint density at radius 3 is 2.48 bits per heavy atom. The molecule has 0 atom stereocenters. The number of carbonyl (C=O) groups excluding carboxylic acids is 1. The molecule has 10 nitrogen and oxygen atoms in total. The molecule has 0 amide bonds. The second-order valence-corrected chi connectivity index (χ2v) is 5.90. The van der Waals surface area contributed by atoms with Crippen LogP contribution in [0.15, 0.2) is 33.9 Å². The van der Waals surface area contributed by atoms with Crippen LogP contribution in [-0.4, -0.2) is 33.7 Å². The molecule has 1 aromatic carbocycles. The van der Waals surface area contributed by atoms with Crippen LogP contribution in [0.4, 0.5) is 5.69 Å². The van der Waals surface area contributed by atoms with Crippen molar-refractivity contribution in [3.05, 3.63) is 66.5 Å². The summed E-state index contributed by atoms with van der Waals surface area (Å²) in [4.78, 5) is 48.5. The molecule has 2 rings (SSSR count). The SMILES string of the molecule is CCCn1c(=O)[nH]c(/C=C/c2ccc(OCC(=O)OCC)cc2)c([N+](=O)[O-])c1=O. The number of H-pyrrole nitrogens is 1. The Kier molecular flexibility index (Phi) is 7.47. The average Bonchev–Trinajstić information content (AvgIpc) is 2.68. The van der Waals surface area contributed by atoms with Crippen molar-refractivity contribution < 1.29 is 19.2 Å². The lowest BCUT2D eigenvalue weighted by Crippen LogP contribution is -2.37. The predicted octanol–water partition coefficient (Wildman–Crippen LogP) is 1.97. The number of aromatic amines is 1. The maximum atomic E-state index is 12.3. The van der Waals surface area contributed by atoms with Crippen molar-refractivity contribution in [1.29, 1.82) is 0 Å². The highest BCUT2D eigenvalue weighted by Gasteiger charge is 2.22. The quantitative estimate of drug-likeness (QED) is 0.384. The molecule has 154 valence electrons. The smallest absolute Gasteiger partial charge is 0.357 e. The molecule has 10 heteroatoms. The van der Waals surface area contributed by atoms with E-state index in [4.69, 9.17) is 9.47 Å². The van der Waals surface area contributed by atoms with E-state index in [0.29, 0.717) is 17.7 Å². The molecule has 0 aliphatic carbocycles. The first-order valence-electron chi connectivity index (χ1n) is 8.95. The molecule has 1 N–H and O–H groups in total. The monoisotopic (exact) mass is 403 g/mol. The van der Waals surface area contributed by atoms with Crippen LogP contribution in [0.2, 0.25) is 0 Å². The Balaban J connectivity index is 2.23. The lowest BCUT2D eigenvalue weighted by atomic mass is 10.2. The van der Waals surface area contributed by atoms with Crippen molar-refractivity contribution in [2.75, 3.05) is 13.2 Å². The first kappa shape index (κ1) is 21.6. The highest BCUT2D eigenvalue weighted by atomic mass is 16.6. The van der Waals surface area contributed by atoms with Gasteiger partial charge in [-0.25, -0.2) is 9.59 Å². The van der Waals surface area contributed by atoms with Gasteiger partial charge in [-0.05, 0) is 37.1 Å². The fourth-order valence-corrected chi connectivity index (χ4v) is 2.50. The van der Waals surface area contributed by atoms with Crippen molar-refractivity contribution in [3.63, 3.8) is 0 Å². The Hall–Kier alpha value is -3.69. The van der Waals surface area contributed by atoms with Crippen molar-refractivity contribution in [2.45, 2.75) is 26.8 Å². The molecule has 0 saturated carbocycles. The van der Waals surface area contributed by atoms with Crippen LogP contribution in [-0.2, 0) is 16.1 Å². The minimum absolute atomic E-state index is 0.0895. The van der Waals surface area contributed by atoms with Crippen LogP contribution in [0.25, 0.3) is 12.2 Å². The molecule has 0 aliphatic rings. The van der Waals surface area contributed by atoms with E-state index in [1.165, 1.54) is 12.2 Å². The largest absolute Gasteiger partial charge is 0.482 e. The third-order valence-electron chi connectivity index (χ3n) is 3.80. The normalized spacial score (nSPS) is 10.8. The van der Waals surface area contributed by atoms with Crippen molar-refractivity contribution in [2.24, 2.45) is 0 Å². The van der Waals surface area contributed by atoms with E-state index in [0.717, 1.165) is 4.57 Å². The van der Waals surface area contributed by atoms with Gasteiger partial charge in [0.2, 0.25) is 0 Å². The van der Waals surface area contributed by atoms with Crippen LogP contribution in [0.3, 0.4) is 0 Å². The first-order valence-corrected chi connectivity index (χ1v) is 8.95. The number of rotatable bonds is 9. The van der Waals surface area contributed by atoms with Crippen LogP contribution < -0.4 is 16.0 Å². The van der Waals surface area contributed by atoms with Gasteiger partial charge < -0.3 is 14.5 Å². The van der Waals surface area contributed by atoms with E-state index in [-0.39, 0.29) is 25.5 Å². The average molecular weight is 403 g/mol. The van der Waals surface area contributed by atoms with E-state index < -0.39 is 27.8 Å². The maximum Gasteiger partial charge on any atom is 0.357 e. The Bertz CT molecular complexity index is 1020. The molecule has 0 aliphatic heterocycles. The van der Waals surface area contributed by atoms with Crippen LogP contribution in [0, 0.1) is 10.1 Å². The first-order chi connectivity index (χ1) is 13.9. The molecular formula is C19H21N3O7. The molecule has 0 unspecified atom stereocenters. The van der Waals surface area contributed by atoms with Gasteiger partial charge in [-0.15, -0.1) is 0 Å². The van der Waals surface area contributed by atoms with Gasteiger partial charge >= 0.3 is 22.9 Å². The second kappa shape index (κ2) is 10.0. The van der Waals surface area contributed by atoms with E-state index in [1.54, 1.807) is 38.1 Å². The number of nitrogens with one attached hydrogen (secondary N) is 1. The van der Waals surface area contributed by atoms with E-state index in [2.05, 4.69) is 4.98 Å². The molecule has 0 saturated heterocycles. The molecule has 0 fully saturated rings. The number of aromatic nitrogens is 2. The van der Waals surface area contributed by atoms with E-state index >= 15 is 0 Å². The number of ether oxygens (including phenoxy) is 2. The van der Waals surface area contributed by atoms with E-state index in [1.807, 2.05) is 0 Å². The zero-order chi connectivity index (χ0) is 21.4. The Labute approximate surface area is 165 Å². The zero-order valence-electron chi connectivity index (χ0n) is 16.0. The van der Waals surface area contributed by atoms with Gasteiger partial charge in [0.15, 0.2) is 6.61 Å². The van der Waals surface area contributed by atoms with Gasteiger partial charge in [-0.3, -0.25) is 19.5 Å². The third-order valence-corrected chi connectivity index (χ3v) is 3.80. The Morgan fingerprint density at radius 2 is 1.90 bits per heavy atom. The molecule has 1 aromatic heterocycles. The molecule has 0 radical (unpaired) electrons. The van der Waals surface area contributed by atoms with Crippen LogP contribution in [0.5, 0.6) is 5.75 Å². The summed E-state index contributed by atoms with van der Waals surface area (Å²) < 4.78 is 10.8. The van der Waals surface area contributed by atoms with Crippen molar-refractivity contribution in [1.82, 2.24) is 9.55 Å². The summed E-state index contributed by atoms with van der Waals surface area (Å²) >= 11 is 0. The summed E-state index contributed by atoms with van der Waals surface area (Å²) in [5, 5.41) is 11.3. The number of nitro groups is 1. The molecular weight excluding hydrogens is 382 g/mol. The molecule has 2 aromatic rings. The van der Waals surface area contributed by atoms with Gasteiger partial charge in [0, 0.05) is 6.54 Å². The minimum atomic E-state index is -0.942. The lowest BCUT2D eigenvalue weighted by Gasteiger charge is -2.06. The fourth-order valence-electron chi connectivity index (χ4n) is 2.50. The molecule has 0 spiro atoms. The maximum absolute atomic E-state index is 12.3. The summed E-state index contributed by atoms with van der Waals surface area (Å²) in [7, 11) is 0. The van der Waals surface area contributed by atoms with Gasteiger partial charge in [0.25, 0.3) is 0 Å². The van der Waals surface area contributed by atoms with Gasteiger partial charge in [-0.1, -0.05) is 25.1 Å². The molecule has 0 bridgehead atoms. The number of nitrogens with zero attached hydrogens (tertiary/aromatic N) is 2. The summed E-state index contributed by atoms with van der Waals surface area (Å²) in [6.07, 6.45) is 3.29. The molecule has 29 heavy (non-hydrogen) atoms. The van der Waals surface area contributed by atoms with Crippen LogP contribution in [0.1, 0.15) is 31.5 Å². The lowest BCUT2D eigenvalue weighted by molar-refractivity contribution is -0.387. The second-order valence-electron chi connectivity index (χ2n) is 5.90. The van der Waals surface area contributed by atoms with Crippen LogP contribution >= 0.6 is 0 Å². The minimum Gasteiger partial charge on any atom is -0.482 e. The summed E-state index contributed by atoms with van der Waals surface area (Å²) in [5.74, 6) is -0.0395. The Morgan fingerprint density at radius 1 is 1.21 bits per heavy atom. The van der Waals surface area contributed by atoms with Crippen molar-refractivity contribution >= 4 is 23.8 Å². The summed E-state index contributed by atoms with van der Waals surface area (Å²) in [6, 6.07) is 6.52. The number of benzene rings is 1. The standard InChI is InChI=1S/C19H21N3O7/c1-3-11-21-18(24)17(22(26)27)15(20-19(21)25)10-7-13-5-8-14(9-6-13)29-12-16(23)28-4-2/h5-10H,3-4,11-12H2,1-2H3,(H,20,25)/b10-7+. The van der Waals surface area contributed by atoms with E-state index in [9.17, 15) is 24.5 Å². The highest BCUT2D eigenvalue weighted by Crippen LogP contribution is 2.16. The van der Waals surface area contributed by atoms with Gasteiger partial charge in [0.05, 0.1) is 11.5 Å². The van der Waals surface area contributed by atoms with Gasteiger partial charge in [-0.2, -0.15) is 0 Å². The predicted molar refractivity (Wildman–Crippen MR) is 106 cm³/mol. The number of esters is 1. The third kappa shape index (κ3) is 5.64. The number of hydrogen-bond donors (Lipinski definition) is 1. The zero-order valence-corrected chi connectivity index (χ0v) is 16.0. The molecule has 1 heterocycles. The highest BCUT2D eigenvalue weighted by molar-refractivity contribution is 5.72. The van der Waals surface area contributed by atoms with Crippen molar-refractivity contribution in [3.8, 4) is 5.75 Å². The van der Waals surface area contributed by atoms with Gasteiger partial charge in [0.1, 0.15) is 11.4 Å². The number of carbonyl (C=O) groups is 1. The summed E-state index contributed by atoms with van der Waals surface area (Å²) in [6.45, 7) is 3.59.